The van der Waals surface area contributed by atoms with Crippen molar-refractivity contribution in [3.8, 4) is 5.75 Å². The molecule has 0 fully saturated rings. The molecule has 0 aromatic heterocycles. The molecule has 1 unspecified atom stereocenters. The van der Waals surface area contributed by atoms with Gasteiger partial charge in [0, 0.05) is 11.0 Å². The molecule has 4 nitrogen and oxygen atoms in total. The molecule has 2 aromatic rings. The number of nitrogens with one attached hydrogen (secondary N) is 2. The van der Waals surface area contributed by atoms with Crippen LogP contribution in [0.4, 0.5) is 4.39 Å². The highest BCUT2D eigenvalue weighted by atomic mass is 79.9. The minimum absolute atomic E-state index is 0.0412. The second-order valence-electron chi connectivity index (χ2n) is 5.59. The van der Waals surface area contributed by atoms with Gasteiger partial charge in [-0.2, -0.15) is 0 Å². The van der Waals surface area contributed by atoms with Crippen molar-refractivity contribution in [2.45, 2.75) is 6.54 Å². The third-order valence-electron chi connectivity index (χ3n) is 3.48. The standard InChI is InChI=1S/C18H20BrFN2O2/c1-22(10-11-24-17-8-4-15(19)5-9-17)13-18(23)21-12-14-2-6-16(20)7-3-14/h2-9H,10-13H2,1H3,(H,21,23)/p+1. The maximum atomic E-state index is 12.8. The molecule has 128 valence electrons. The Morgan fingerprint density at radius 2 is 1.83 bits per heavy atom. The molecular weight excluding hydrogens is 375 g/mol. The monoisotopic (exact) mass is 395 g/mol. The van der Waals surface area contributed by atoms with Crippen LogP contribution in [0.5, 0.6) is 5.75 Å². The predicted octanol–water partition coefficient (Wildman–Crippen LogP) is 1.80. The number of halogens is 2. The lowest BCUT2D eigenvalue weighted by atomic mass is 10.2. The second-order valence-corrected chi connectivity index (χ2v) is 6.51. The number of carbonyl (C=O) groups is 1. The van der Waals surface area contributed by atoms with Gasteiger partial charge in [-0.1, -0.05) is 28.1 Å². The van der Waals surface area contributed by atoms with Crippen molar-refractivity contribution in [3.05, 3.63) is 64.4 Å². The van der Waals surface area contributed by atoms with Crippen molar-refractivity contribution in [2.24, 2.45) is 0 Å². The van der Waals surface area contributed by atoms with Gasteiger partial charge in [0.05, 0.1) is 7.05 Å². The van der Waals surface area contributed by atoms with Crippen LogP contribution in [0.3, 0.4) is 0 Å². The number of quaternary nitrogens is 1. The first kappa shape index (κ1) is 18.4. The third-order valence-corrected chi connectivity index (χ3v) is 4.01. The van der Waals surface area contributed by atoms with Crippen LogP contribution in [0.15, 0.2) is 53.0 Å². The predicted molar refractivity (Wildman–Crippen MR) is 94.5 cm³/mol. The molecule has 2 aromatic carbocycles. The summed E-state index contributed by atoms with van der Waals surface area (Å²) in [5.41, 5.74) is 0.876. The lowest BCUT2D eigenvalue weighted by molar-refractivity contribution is -0.871. The van der Waals surface area contributed by atoms with Crippen LogP contribution in [-0.2, 0) is 11.3 Å². The zero-order chi connectivity index (χ0) is 17.4. The first-order valence-electron chi connectivity index (χ1n) is 7.74. The Labute approximate surface area is 149 Å². The normalized spacial score (nSPS) is 11.8. The number of ether oxygens (including phenoxy) is 1. The van der Waals surface area contributed by atoms with E-state index in [1.807, 2.05) is 31.3 Å². The van der Waals surface area contributed by atoms with E-state index in [0.29, 0.717) is 19.7 Å². The molecule has 2 rings (SSSR count). The molecule has 0 radical (unpaired) electrons. The summed E-state index contributed by atoms with van der Waals surface area (Å²) in [4.78, 5) is 13.0. The van der Waals surface area contributed by atoms with E-state index in [1.54, 1.807) is 12.1 Å². The van der Waals surface area contributed by atoms with E-state index < -0.39 is 0 Å². The maximum Gasteiger partial charge on any atom is 0.275 e. The number of rotatable bonds is 8. The molecule has 2 N–H and O–H groups in total. The molecule has 0 saturated heterocycles. The van der Waals surface area contributed by atoms with Crippen molar-refractivity contribution in [2.75, 3.05) is 26.7 Å². The number of benzene rings is 2. The lowest BCUT2D eigenvalue weighted by Crippen LogP contribution is -3.10. The van der Waals surface area contributed by atoms with Gasteiger partial charge < -0.3 is 15.0 Å². The third kappa shape index (κ3) is 6.68. The van der Waals surface area contributed by atoms with Crippen LogP contribution in [-0.4, -0.2) is 32.7 Å². The molecule has 0 aliphatic carbocycles. The maximum absolute atomic E-state index is 12.8. The highest BCUT2D eigenvalue weighted by Gasteiger charge is 2.09. The Morgan fingerprint density at radius 3 is 2.50 bits per heavy atom. The Bertz CT molecular complexity index is 647. The summed E-state index contributed by atoms with van der Waals surface area (Å²) in [5, 5.41) is 2.84. The van der Waals surface area contributed by atoms with E-state index in [4.69, 9.17) is 4.74 Å². The smallest absolute Gasteiger partial charge is 0.275 e. The first-order valence-corrected chi connectivity index (χ1v) is 8.53. The minimum atomic E-state index is -0.278. The van der Waals surface area contributed by atoms with Crippen LogP contribution >= 0.6 is 15.9 Å². The van der Waals surface area contributed by atoms with Gasteiger partial charge >= 0.3 is 0 Å². The van der Waals surface area contributed by atoms with Crippen LogP contribution in [0.25, 0.3) is 0 Å². The lowest BCUT2D eigenvalue weighted by Gasteiger charge is -2.14. The summed E-state index contributed by atoms with van der Waals surface area (Å²) in [6.07, 6.45) is 0. The molecule has 0 aliphatic heterocycles. The van der Waals surface area contributed by atoms with Crippen molar-refractivity contribution in [1.82, 2.24) is 5.32 Å². The second kappa shape index (κ2) is 9.39. The molecule has 0 spiro atoms. The molecule has 0 aliphatic rings. The van der Waals surface area contributed by atoms with E-state index in [9.17, 15) is 9.18 Å². The Morgan fingerprint density at radius 1 is 1.17 bits per heavy atom. The molecule has 0 bridgehead atoms. The van der Waals surface area contributed by atoms with E-state index in [1.165, 1.54) is 12.1 Å². The summed E-state index contributed by atoms with van der Waals surface area (Å²) in [6.45, 7) is 2.03. The van der Waals surface area contributed by atoms with Crippen molar-refractivity contribution >= 4 is 21.8 Å². The van der Waals surface area contributed by atoms with E-state index in [0.717, 1.165) is 27.2 Å². The minimum Gasteiger partial charge on any atom is -0.488 e. The zero-order valence-corrected chi connectivity index (χ0v) is 15.1. The summed E-state index contributed by atoms with van der Waals surface area (Å²) < 4.78 is 19.5. The Hall–Kier alpha value is -1.92. The number of carbonyl (C=O) groups excluding carboxylic acids is 1. The van der Waals surface area contributed by atoms with Gasteiger partial charge in [-0.05, 0) is 42.0 Å². The highest BCUT2D eigenvalue weighted by molar-refractivity contribution is 9.10. The molecule has 1 atom stereocenters. The van der Waals surface area contributed by atoms with Crippen LogP contribution in [0.2, 0.25) is 0 Å². The van der Waals surface area contributed by atoms with Gasteiger partial charge in [-0.3, -0.25) is 4.79 Å². The van der Waals surface area contributed by atoms with Gasteiger partial charge in [0.25, 0.3) is 5.91 Å². The fourth-order valence-electron chi connectivity index (χ4n) is 2.10. The van der Waals surface area contributed by atoms with Crippen LogP contribution < -0.4 is 15.0 Å². The number of hydrogen-bond donors (Lipinski definition) is 2. The van der Waals surface area contributed by atoms with Gasteiger partial charge in [0.2, 0.25) is 0 Å². The van der Waals surface area contributed by atoms with Crippen LogP contribution in [0, 0.1) is 5.82 Å². The van der Waals surface area contributed by atoms with Crippen molar-refractivity contribution < 1.29 is 18.8 Å². The Balaban J connectivity index is 1.64. The Kier molecular flexibility index (Phi) is 7.21. The average Bonchev–Trinajstić information content (AvgIpc) is 2.56. The summed E-state index contributed by atoms with van der Waals surface area (Å²) in [6, 6.07) is 13.8. The molecule has 6 heteroatoms. The quantitative estimate of drug-likeness (QED) is 0.715. The molecule has 24 heavy (non-hydrogen) atoms. The summed E-state index contributed by atoms with van der Waals surface area (Å²) in [5.74, 6) is 0.493. The molecule has 0 saturated carbocycles. The van der Waals surface area contributed by atoms with Gasteiger partial charge in [-0.25, -0.2) is 4.39 Å². The van der Waals surface area contributed by atoms with Crippen molar-refractivity contribution in [3.63, 3.8) is 0 Å². The van der Waals surface area contributed by atoms with E-state index in [2.05, 4.69) is 21.2 Å². The first-order chi connectivity index (χ1) is 11.5. The molecule has 1 amide bonds. The highest BCUT2D eigenvalue weighted by Crippen LogP contribution is 2.15. The fraction of sp³-hybridized carbons (Fsp3) is 0.278. The zero-order valence-electron chi connectivity index (χ0n) is 13.5. The van der Waals surface area contributed by atoms with Gasteiger partial charge in [-0.15, -0.1) is 0 Å². The fourth-order valence-corrected chi connectivity index (χ4v) is 2.37. The SMILES string of the molecule is C[NH+](CCOc1ccc(Br)cc1)CC(=O)NCc1ccc(F)cc1. The van der Waals surface area contributed by atoms with E-state index >= 15 is 0 Å². The molecule has 0 heterocycles. The number of hydrogen-bond acceptors (Lipinski definition) is 2. The van der Waals surface area contributed by atoms with Gasteiger partial charge in [0.1, 0.15) is 24.7 Å². The van der Waals surface area contributed by atoms with Crippen LogP contribution in [0.1, 0.15) is 5.56 Å². The summed E-state index contributed by atoms with van der Waals surface area (Å²) in [7, 11) is 1.95. The average molecular weight is 396 g/mol. The molecular formula is C18H21BrFN2O2+. The van der Waals surface area contributed by atoms with E-state index in [-0.39, 0.29) is 11.7 Å². The number of likely N-dealkylation sites (N-methyl/N-ethyl adjacent to an activating group) is 1. The summed E-state index contributed by atoms with van der Waals surface area (Å²) >= 11 is 3.38. The topological polar surface area (TPSA) is 42.8 Å². The van der Waals surface area contributed by atoms with Gasteiger partial charge in [0.15, 0.2) is 6.54 Å². The number of amides is 1. The largest absolute Gasteiger partial charge is 0.488 e. The van der Waals surface area contributed by atoms with Crippen molar-refractivity contribution in [1.29, 1.82) is 0 Å².